The van der Waals surface area contributed by atoms with Crippen LogP contribution in [0.4, 0.5) is 8.78 Å². The first-order valence-electron chi connectivity index (χ1n) is 13.6. The number of hydrogen-bond donors (Lipinski definition) is 4. The number of hydrogen-bond acceptors (Lipinski definition) is 12. The fourth-order valence-corrected chi connectivity index (χ4v) is 4.52. The highest BCUT2D eigenvalue weighted by molar-refractivity contribution is 6.00. The molecule has 0 amide bonds. The van der Waals surface area contributed by atoms with Crippen LogP contribution in [0.15, 0.2) is 65.7 Å². The van der Waals surface area contributed by atoms with E-state index in [1.807, 2.05) is 18.0 Å². The quantitative estimate of drug-likeness (QED) is 0.125. The lowest BCUT2D eigenvalue weighted by atomic mass is 10.2. The Hall–Kier alpha value is -6.32. The third kappa shape index (κ3) is 5.90. The van der Waals surface area contributed by atoms with Gasteiger partial charge in [0.1, 0.15) is 17.4 Å². The van der Waals surface area contributed by atoms with E-state index < -0.39 is 34.9 Å². The molecule has 0 unspecified atom stereocenters. The molecule has 0 spiro atoms. The van der Waals surface area contributed by atoms with Crippen LogP contribution in [0.1, 0.15) is 11.1 Å². The van der Waals surface area contributed by atoms with E-state index in [0.29, 0.717) is 23.5 Å². The summed E-state index contributed by atoms with van der Waals surface area (Å²) >= 11 is 0. The number of aromatic nitrogens is 5. The molecule has 14 nitrogen and oxygen atoms in total. The molecular weight excluding hydrogens is 604 g/mol. The lowest BCUT2D eigenvalue weighted by molar-refractivity contribution is 0.322. The number of ether oxygens (including phenoxy) is 4. The Kier molecular flexibility index (Phi) is 7.99. The van der Waals surface area contributed by atoms with Gasteiger partial charge in [-0.25, -0.2) is 5.10 Å². The molecule has 3 heterocycles. The highest BCUT2D eigenvalue weighted by Gasteiger charge is 2.28. The summed E-state index contributed by atoms with van der Waals surface area (Å²) in [7, 11) is 3.24. The molecule has 46 heavy (non-hydrogen) atoms. The number of nitrogens with one attached hydrogen (secondary N) is 2. The highest BCUT2D eigenvalue weighted by atomic mass is 19.1. The zero-order valence-corrected chi connectivity index (χ0v) is 24.3. The Labute approximate surface area is 259 Å². The number of nitrogens with zero attached hydrogens (tertiary/aromatic N) is 6. The van der Waals surface area contributed by atoms with Crippen molar-refractivity contribution >= 4 is 11.7 Å². The lowest BCUT2D eigenvalue weighted by Crippen LogP contribution is -2.23. The fraction of sp³-hybridized carbons (Fsp3) is 0.133. The Morgan fingerprint density at radius 3 is 2.46 bits per heavy atom. The summed E-state index contributed by atoms with van der Waals surface area (Å²) in [4.78, 5) is 10.4. The van der Waals surface area contributed by atoms with E-state index in [-0.39, 0.29) is 34.4 Å². The maximum atomic E-state index is 16.1. The van der Waals surface area contributed by atoms with Crippen LogP contribution in [0.3, 0.4) is 0 Å². The van der Waals surface area contributed by atoms with E-state index in [1.54, 1.807) is 24.3 Å². The summed E-state index contributed by atoms with van der Waals surface area (Å²) in [6.07, 6.45) is 0. The molecule has 6 rings (SSSR count). The molecule has 0 aliphatic carbocycles. The monoisotopic (exact) mass is 629 g/mol. The topological polar surface area (TPSA) is 190 Å². The number of phenolic OH excluding ortho intramolecular Hbond substituents is 1. The molecule has 0 fully saturated rings. The molecule has 3 aromatic carbocycles. The molecule has 1 aliphatic rings. The summed E-state index contributed by atoms with van der Waals surface area (Å²) in [6.45, 7) is 1.37. The third-order valence-electron chi connectivity index (χ3n) is 6.81. The molecule has 0 bridgehead atoms. The number of aromatic amines is 1. The number of aromatic hydroxyl groups is 1. The minimum absolute atomic E-state index is 0.0784. The van der Waals surface area contributed by atoms with Gasteiger partial charge in [-0.15, -0.1) is 5.10 Å². The molecule has 0 saturated carbocycles. The van der Waals surface area contributed by atoms with Crippen molar-refractivity contribution in [2.45, 2.75) is 0 Å². The summed E-state index contributed by atoms with van der Waals surface area (Å²) in [5.41, 5.74) is 6.96. The van der Waals surface area contributed by atoms with Gasteiger partial charge in [-0.05, 0) is 59.0 Å². The van der Waals surface area contributed by atoms with Crippen molar-refractivity contribution < 1.29 is 32.8 Å². The number of amidine groups is 2. The highest BCUT2D eigenvalue weighted by Crippen LogP contribution is 2.43. The van der Waals surface area contributed by atoms with Gasteiger partial charge < -0.3 is 34.7 Å². The Morgan fingerprint density at radius 2 is 1.76 bits per heavy atom. The van der Waals surface area contributed by atoms with Crippen molar-refractivity contribution in [1.29, 1.82) is 5.41 Å². The van der Waals surface area contributed by atoms with Crippen LogP contribution in [0.5, 0.6) is 46.3 Å². The standard InChI is InChI=1S/C30H25F2N9O5/c1-41-11-10-35-28(41)17-4-3-5-18(12-17)44-29-23(31)25(45-20-9-7-16(14-22(20)43-2)27-37-39-40-38-27)24(32)30(36-29)46-21-13-15(26(33)34)6-8-19(21)42/h3-9,12-14,42H,10-11H2,1-2H3,(H3,33,34)(H,37,38,39,40). The number of nitrogen functional groups attached to an aromatic ring is 1. The van der Waals surface area contributed by atoms with E-state index in [1.165, 1.54) is 37.4 Å². The van der Waals surface area contributed by atoms with Gasteiger partial charge in [-0.2, -0.15) is 13.8 Å². The lowest BCUT2D eigenvalue weighted by Gasteiger charge is -2.17. The van der Waals surface area contributed by atoms with Crippen LogP contribution in [0.2, 0.25) is 0 Å². The van der Waals surface area contributed by atoms with Gasteiger partial charge in [0.2, 0.25) is 17.4 Å². The largest absolute Gasteiger partial charge is 0.504 e. The second-order valence-electron chi connectivity index (χ2n) is 9.85. The second kappa shape index (κ2) is 12.4. The average molecular weight is 630 g/mol. The summed E-state index contributed by atoms with van der Waals surface area (Å²) < 4.78 is 54.6. The predicted molar refractivity (Wildman–Crippen MR) is 160 cm³/mol. The SMILES string of the molecule is COc1cc(-c2nnn[nH]2)ccc1Oc1c(F)c(Oc2cccc(C3=NCCN3C)c2)nc(Oc2cc(C(=N)N)ccc2O)c1F. The number of tetrazole rings is 1. The van der Waals surface area contributed by atoms with Crippen molar-refractivity contribution in [2.24, 2.45) is 10.7 Å². The van der Waals surface area contributed by atoms with Crippen LogP contribution < -0.4 is 24.7 Å². The Morgan fingerprint density at radius 1 is 0.957 bits per heavy atom. The normalized spacial score (nSPS) is 12.5. The van der Waals surface area contributed by atoms with Gasteiger partial charge >= 0.3 is 0 Å². The van der Waals surface area contributed by atoms with Crippen LogP contribution in [-0.2, 0) is 0 Å². The molecule has 5 N–H and O–H groups in total. The second-order valence-corrected chi connectivity index (χ2v) is 9.85. The zero-order chi connectivity index (χ0) is 32.4. The molecule has 5 aromatic rings. The van der Waals surface area contributed by atoms with Crippen molar-refractivity contribution in [3.05, 3.63) is 83.4 Å². The average Bonchev–Trinajstić information content (AvgIpc) is 3.75. The molecule has 2 aromatic heterocycles. The van der Waals surface area contributed by atoms with E-state index >= 15 is 8.78 Å². The van der Waals surface area contributed by atoms with Crippen molar-refractivity contribution in [3.8, 4) is 57.6 Å². The smallest absolute Gasteiger partial charge is 0.263 e. The Balaban J connectivity index is 1.42. The van der Waals surface area contributed by atoms with Crippen LogP contribution in [0, 0.1) is 17.0 Å². The number of aliphatic imine (C=N–C) groups is 1. The minimum Gasteiger partial charge on any atom is -0.504 e. The van der Waals surface area contributed by atoms with Crippen molar-refractivity contribution in [2.75, 3.05) is 27.2 Å². The van der Waals surface area contributed by atoms with Gasteiger partial charge in [-0.1, -0.05) is 12.1 Å². The van der Waals surface area contributed by atoms with Gasteiger partial charge in [-0.3, -0.25) is 10.4 Å². The summed E-state index contributed by atoms with van der Waals surface area (Å²) in [5, 5.41) is 31.6. The van der Waals surface area contributed by atoms with E-state index in [9.17, 15) is 5.11 Å². The summed E-state index contributed by atoms with van der Waals surface area (Å²) in [6, 6.07) is 14.9. The van der Waals surface area contributed by atoms with Gasteiger partial charge in [0.15, 0.2) is 28.8 Å². The van der Waals surface area contributed by atoms with Crippen molar-refractivity contribution in [1.82, 2.24) is 30.5 Å². The van der Waals surface area contributed by atoms with Crippen LogP contribution >= 0.6 is 0 Å². The molecule has 16 heteroatoms. The van der Waals surface area contributed by atoms with E-state index in [0.717, 1.165) is 12.4 Å². The maximum Gasteiger partial charge on any atom is 0.263 e. The number of halogens is 2. The third-order valence-corrected chi connectivity index (χ3v) is 6.81. The maximum absolute atomic E-state index is 16.1. The Bertz CT molecular complexity index is 1970. The molecule has 1 aliphatic heterocycles. The van der Waals surface area contributed by atoms with Crippen LogP contribution in [0.25, 0.3) is 11.4 Å². The van der Waals surface area contributed by atoms with Gasteiger partial charge in [0.25, 0.3) is 11.8 Å². The summed E-state index contributed by atoms with van der Waals surface area (Å²) in [5.74, 6) is -4.94. The predicted octanol–water partition coefficient (Wildman–Crippen LogP) is 4.61. The number of H-pyrrole nitrogens is 1. The number of rotatable bonds is 10. The number of benzene rings is 3. The molecule has 0 atom stereocenters. The fourth-order valence-electron chi connectivity index (χ4n) is 4.52. The van der Waals surface area contributed by atoms with Crippen molar-refractivity contribution in [3.63, 3.8) is 0 Å². The van der Waals surface area contributed by atoms with Crippen LogP contribution in [-0.4, -0.2) is 74.5 Å². The number of phenols is 1. The number of likely N-dealkylation sites (N-methyl/N-ethyl adjacent to an activating group) is 1. The van der Waals surface area contributed by atoms with Gasteiger partial charge in [0.05, 0.1) is 13.7 Å². The number of nitrogens with two attached hydrogens (primary N) is 1. The number of methoxy groups -OCH3 is 1. The van der Waals surface area contributed by atoms with Gasteiger partial charge in [0, 0.05) is 30.3 Å². The minimum atomic E-state index is -1.36. The zero-order valence-electron chi connectivity index (χ0n) is 24.3. The molecular formula is C30H25F2N9O5. The molecule has 234 valence electrons. The number of pyridine rings is 1. The van der Waals surface area contributed by atoms with E-state index in [2.05, 4.69) is 30.6 Å². The van der Waals surface area contributed by atoms with E-state index in [4.69, 9.17) is 30.1 Å². The first-order valence-corrected chi connectivity index (χ1v) is 13.6. The first-order chi connectivity index (χ1) is 22.2. The first kappa shape index (κ1) is 29.7. The molecule has 0 radical (unpaired) electrons. The molecule has 0 saturated heterocycles.